The lowest BCUT2D eigenvalue weighted by atomic mass is 10.1. The molecule has 0 aliphatic carbocycles. The Hall–Kier alpha value is -2.45. The number of methoxy groups -OCH3 is 1. The molecule has 138 valence electrons. The molecular formula is C18H22N4O3S. The van der Waals surface area contributed by atoms with Gasteiger partial charge in [0.15, 0.2) is 5.13 Å². The molecule has 0 saturated heterocycles. The summed E-state index contributed by atoms with van der Waals surface area (Å²) in [6.45, 7) is 3.84. The van der Waals surface area contributed by atoms with Crippen molar-refractivity contribution >= 4 is 34.2 Å². The van der Waals surface area contributed by atoms with Gasteiger partial charge in [-0.25, -0.2) is 9.78 Å². The molecule has 1 aromatic heterocycles. The number of nitrogens with one attached hydrogen (secondary N) is 2. The topological polar surface area (TPSA) is 83.6 Å². The second-order valence-electron chi connectivity index (χ2n) is 6.06. The van der Waals surface area contributed by atoms with Gasteiger partial charge in [0.1, 0.15) is 0 Å². The molecule has 2 amide bonds. The first-order chi connectivity index (χ1) is 12.6. The number of amides is 2. The average Bonchev–Trinajstić information content (AvgIpc) is 3.03. The summed E-state index contributed by atoms with van der Waals surface area (Å²) in [5.41, 5.74) is 3.04. The summed E-state index contributed by atoms with van der Waals surface area (Å²) in [5.74, 6) is -0.0323. The predicted molar refractivity (Wildman–Crippen MR) is 102 cm³/mol. The van der Waals surface area contributed by atoms with Crippen LogP contribution in [0, 0.1) is 0 Å². The smallest absolute Gasteiger partial charge is 0.413 e. The molecule has 3 rings (SSSR count). The second-order valence-corrected chi connectivity index (χ2v) is 7.15. The summed E-state index contributed by atoms with van der Waals surface area (Å²) in [6.07, 6.45) is 1.21. The van der Waals surface area contributed by atoms with E-state index in [0.717, 1.165) is 35.6 Å². The fourth-order valence-electron chi connectivity index (χ4n) is 2.80. The fourth-order valence-corrected chi connectivity index (χ4v) is 3.84. The molecule has 8 heteroatoms. The van der Waals surface area contributed by atoms with Crippen molar-refractivity contribution in [2.45, 2.75) is 26.3 Å². The summed E-state index contributed by atoms with van der Waals surface area (Å²) in [4.78, 5) is 31.2. The van der Waals surface area contributed by atoms with Gasteiger partial charge in [0, 0.05) is 30.1 Å². The van der Waals surface area contributed by atoms with Gasteiger partial charge in [0.05, 0.1) is 19.3 Å². The van der Waals surface area contributed by atoms with Gasteiger partial charge >= 0.3 is 6.09 Å². The first-order valence-corrected chi connectivity index (χ1v) is 9.33. The third kappa shape index (κ3) is 4.59. The Morgan fingerprint density at radius 2 is 2.04 bits per heavy atom. The van der Waals surface area contributed by atoms with E-state index in [0.29, 0.717) is 18.2 Å². The molecule has 0 bridgehead atoms. The molecule has 26 heavy (non-hydrogen) atoms. The average molecular weight is 374 g/mol. The zero-order valence-electron chi connectivity index (χ0n) is 14.9. The van der Waals surface area contributed by atoms with E-state index < -0.39 is 6.09 Å². The summed E-state index contributed by atoms with van der Waals surface area (Å²) in [7, 11) is 1.32. The summed E-state index contributed by atoms with van der Waals surface area (Å²) < 4.78 is 4.58. The van der Waals surface area contributed by atoms with E-state index >= 15 is 0 Å². The predicted octanol–water partition coefficient (Wildman–Crippen LogP) is 2.88. The van der Waals surface area contributed by atoms with Crippen LogP contribution in [0.1, 0.15) is 23.1 Å². The SMILES string of the molecule is CCc1ccc(NC(=O)CN2CCc3nc(NC(=O)OC)sc3C2)cc1. The largest absolute Gasteiger partial charge is 0.453 e. The summed E-state index contributed by atoms with van der Waals surface area (Å²) >= 11 is 1.42. The van der Waals surface area contributed by atoms with Gasteiger partial charge in [-0.3, -0.25) is 15.0 Å². The maximum Gasteiger partial charge on any atom is 0.413 e. The van der Waals surface area contributed by atoms with Crippen LogP contribution < -0.4 is 10.6 Å². The van der Waals surface area contributed by atoms with Crippen molar-refractivity contribution in [3.63, 3.8) is 0 Å². The third-order valence-corrected chi connectivity index (χ3v) is 5.22. The number of ether oxygens (including phenoxy) is 1. The number of rotatable bonds is 5. The van der Waals surface area contributed by atoms with Crippen molar-refractivity contribution < 1.29 is 14.3 Å². The lowest BCUT2D eigenvalue weighted by Crippen LogP contribution is -2.36. The van der Waals surface area contributed by atoms with Gasteiger partial charge in [-0.2, -0.15) is 0 Å². The van der Waals surface area contributed by atoms with Crippen LogP contribution in [0.3, 0.4) is 0 Å². The Labute approximate surface area is 156 Å². The Morgan fingerprint density at radius 1 is 1.27 bits per heavy atom. The monoisotopic (exact) mass is 374 g/mol. The maximum atomic E-state index is 12.3. The Morgan fingerprint density at radius 3 is 2.73 bits per heavy atom. The molecule has 0 fully saturated rings. The minimum atomic E-state index is -0.526. The van der Waals surface area contributed by atoms with Crippen molar-refractivity contribution in [2.24, 2.45) is 0 Å². The molecule has 0 radical (unpaired) electrons. The first kappa shape index (κ1) is 18.3. The number of hydrogen-bond donors (Lipinski definition) is 2. The minimum absolute atomic E-state index is 0.0323. The number of anilines is 2. The van der Waals surface area contributed by atoms with Crippen LogP contribution in [0.2, 0.25) is 0 Å². The van der Waals surface area contributed by atoms with E-state index in [1.807, 2.05) is 24.3 Å². The number of thiazole rings is 1. The summed E-state index contributed by atoms with van der Waals surface area (Å²) in [6, 6.07) is 7.91. The van der Waals surface area contributed by atoms with E-state index in [-0.39, 0.29) is 5.91 Å². The van der Waals surface area contributed by atoms with E-state index in [4.69, 9.17) is 0 Å². The van der Waals surface area contributed by atoms with Crippen LogP contribution in [0.25, 0.3) is 0 Å². The van der Waals surface area contributed by atoms with Gasteiger partial charge in [0.25, 0.3) is 0 Å². The number of fused-ring (bicyclic) bond motifs is 1. The van der Waals surface area contributed by atoms with Gasteiger partial charge in [-0.1, -0.05) is 30.4 Å². The van der Waals surface area contributed by atoms with Crippen molar-refractivity contribution in [3.8, 4) is 0 Å². The lowest BCUT2D eigenvalue weighted by Gasteiger charge is -2.25. The molecule has 1 aliphatic rings. The Kier molecular flexibility index (Phi) is 5.85. The van der Waals surface area contributed by atoms with Crippen molar-refractivity contribution in [1.82, 2.24) is 9.88 Å². The summed E-state index contributed by atoms with van der Waals surface area (Å²) in [5, 5.41) is 6.06. The molecule has 0 unspecified atom stereocenters. The first-order valence-electron chi connectivity index (χ1n) is 8.52. The molecule has 2 heterocycles. The highest BCUT2D eigenvalue weighted by Gasteiger charge is 2.23. The van der Waals surface area contributed by atoms with E-state index in [2.05, 4.69) is 32.2 Å². The Bertz CT molecular complexity index is 788. The molecule has 2 aromatic rings. The van der Waals surface area contributed by atoms with Crippen molar-refractivity contribution in [2.75, 3.05) is 30.8 Å². The van der Waals surface area contributed by atoms with Gasteiger partial charge < -0.3 is 10.1 Å². The molecule has 2 N–H and O–H groups in total. The van der Waals surface area contributed by atoms with E-state index in [1.54, 1.807) is 0 Å². The van der Waals surface area contributed by atoms with Crippen molar-refractivity contribution in [3.05, 3.63) is 40.4 Å². The molecule has 0 atom stereocenters. The van der Waals surface area contributed by atoms with Crippen LogP contribution in [0.15, 0.2) is 24.3 Å². The number of carbonyl (C=O) groups excluding carboxylic acids is 2. The zero-order chi connectivity index (χ0) is 18.5. The van der Waals surface area contributed by atoms with Crippen LogP contribution in [0.4, 0.5) is 15.6 Å². The normalized spacial score (nSPS) is 13.8. The number of nitrogens with zero attached hydrogens (tertiary/aromatic N) is 2. The highest BCUT2D eigenvalue weighted by Crippen LogP contribution is 2.28. The third-order valence-electron chi connectivity index (χ3n) is 4.22. The highest BCUT2D eigenvalue weighted by molar-refractivity contribution is 7.15. The number of benzene rings is 1. The molecule has 1 aliphatic heterocycles. The molecule has 1 aromatic carbocycles. The zero-order valence-corrected chi connectivity index (χ0v) is 15.7. The Balaban J connectivity index is 1.54. The van der Waals surface area contributed by atoms with Gasteiger partial charge in [-0.15, -0.1) is 0 Å². The van der Waals surface area contributed by atoms with Crippen LogP contribution in [-0.2, 0) is 28.9 Å². The number of aromatic nitrogens is 1. The maximum absolute atomic E-state index is 12.3. The fraction of sp³-hybridized carbons (Fsp3) is 0.389. The quantitative estimate of drug-likeness (QED) is 0.841. The standard InChI is InChI=1S/C18H22N4O3S/c1-3-12-4-6-13(7-5-12)19-16(23)11-22-9-8-14-15(10-22)26-17(20-14)21-18(24)25-2/h4-7H,3,8-11H2,1-2H3,(H,19,23)(H,20,21,24). The molecular weight excluding hydrogens is 352 g/mol. The molecule has 0 saturated carbocycles. The van der Waals surface area contributed by atoms with Crippen molar-refractivity contribution in [1.29, 1.82) is 0 Å². The van der Waals surface area contributed by atoms with Crippen LogP contribution >= 0.6 is 11.3 Å². The van der Waals surface area contributed by atoms with Crippen LogP contribution in [-0.4, -0.2) is 42.1 Å². The van der Waals surface area contributed by atoms with Gasteiger partial charge in [-0.05, 0) is 24.1 Å². The molecule has 7 nitrogen and oxygen atoms in total. The number of hydrogen-bond acceptors (Lipinski definition) is 6. The molecule has 0 spiro atoms. The van der Waals surface area contributed by atoms with E-state index in [1.165, 1.54) is 24.0 Å². The van der Waals surface area contributed by atoms with Gasteiger partial charge in [0.2, 0.25) is 5.91 Å². The second kappa shape index (κ2) is 8.29. The lowest BCUT2D eigenvalue weighted by molar-refractivity contribution is -0.117. The minimum Gasteiger partial charge on any atom is -0.453 e. The van der Waals surface area contributed by atoms with Crippen LogP contribution in [0.5, 0.6) is 0 Å². The number of aryl methyl sites for hydroxylation is 1. The highest BCUT2D eigenvalue weighted by atomic mass is 32.1. The number of carbonyl (C=O) groups is 2. The van der Waals surface area contributed by atoms with E-state index in [9.17, 15) is 9.59 Å².